The number of aryl methyl sites for hydroxylation is 1. The first-order valence-electron chi connectivity index (χ1n) is 10.0. The third kappa shape index (κ3) is 3.86. The summed E-state index contributed by atoms with van der Waals surface area (Å²) in [6.07, 6.45) is 1.66. The molecule has 3 aromatic heterocycles. The van der Waals surface area contributed by atoms with Crippen molar-refractivity contribution in [1.82, 2.24) is 19.3 Å². The lowest BCUT2D eigenvalue weighted by Crippen LogP contribution is -2.04. The van der Waals surface area contributed by atoms with E-state index < -0.39 is 0 Å². The zero-order chi connectivity index (χ0) is 22.9. The fourth-order valence-corrected chi connectivity index (χ4v) is 4.78. The van der Waals surface area contributed by atoms with Crippen molar-refractivity contribution in [2.24, 2.45) is 7.05 Å². The summed E-state index contributed by atoms with van der Waals surface area (Å²) < 4.78 is 15.2. The molecule has 33 heavy (non-hydrogen) atoms. The topological polar surface area (TPSA) is 81.8 Å². The van der Waals surface area contributed by atoms with Crippen molar-refractivity contribution in [3.63, 3.8) is 0 Å². The van der Waals surface area contributed by atoms with E-state index in [9.17, 15) is 5.26 Å². The molecule has 0 N–H and O–H groups in total. The van der Waals surface area contributed by atoms with E-state index in [-0.39, 0.29) is 0 Å². The van der Waals surface area contributed by atoms with Gasteiger partial charge in [-0.1, -0.05) is 35.5 Å². The van der Waals surface area contributed by atoms with E-state index in [1.54, 1.807) is 25.5 Å². The largest absolute Gasteiger partial charge is 0.495 e. The molecule has 0 unspecified atom stereocenters. The third-order valence-corrected chi connectivity index (χ3v) is 6.57. The average Bonchev–Trinajstić information content (AvgIpc) is 3.54. The van der Waals surface area contributed by atoms with Gasteiger partial charge in [0, 0.05) is 30.0 Å². The maximum atomic E-state index is 9.20. The number of ether oxygens (including phenoxy) is 1. The third-order valence-electron chi connectivity index (χ3n) is 5.33. The molecule has 0 aliphatic rings. The highest BCUT2D eigenvalue weighted by Gasteiger charge is 2.23. The number of thioether (sulfide) groups is 1. The number of nitrogens with zero attached hydrogens (tertiary/aromatic N) is 5. The summed E-state index contributed by atoms with van der Waals surface area (Å²) in [6, 6.07) is 19.0. The molecule has 0 amide bonds. The number of hydrogen-bond donors (Lipinski definition) is 0. The molecule has 0 bridgehead atoms. The van der Waals surface area contributed by atoms with Gasteiger partial charge in [0.05, 0.1) is 41.9 Å². The van der Waals surface area contributed by atoms with Gasteiger partial charge in [-0.3, -0.25) is 4.57 Å². The molecule has 5 rings (SSSR count). The summed E-state index contributed by atoms with van der Waals surface area (Å²) in [6.45, 7) is 0. The molecule has 0 radical (unpaired) electrons. The van der Waals surface area contributed by atoms with Crippen LogP contribution in [0.3, 0.4) is 0 Å². The van der Waals surface area contributed by atoms with Crippen LogP contribution in [0.25, 0.3) is 28.3 Å². The van der Waals surface area contributed by atoms with Crippen molar-refractivity contribution in [3.8, 4) is 29.0 Å². The van der Waals surface area contributed by atoms with Gasteiger partial charge in [0.2, 0.25) is 0 Å². The molecule has 0 atom stereocenters. The van der Waals surface area contributed by atoms with Crippen LogP contribution in [0.4, 0.5) is 0 Å². The summed E-state index contributed by atoms with van der Waals surface area (Å²) in [7, 11) is 3.58. The molecule has 3 heterocycles. The lowest BCUT2D eigenvalue weighted by Gasteiger charge is -2.15. The quantitative estimate of drug-likeness (QED) is 0.287. The summed E-state index contributed by atoms with van der Waals surface area (Å²) in [4.78, 5) is 0. The normalized spacial score (nSPS) is 11.1. The van der Waals surface area contributed by atoms with Crippen molar-refractivity contribution in [2.45, 2.75) is 10.9 Å². The lowest BCUT2D eigenvalue weighted by molar-refractivity contribution is 0.412. The van der Waals surface area contributed by atoms with Gasteiger partial charge in [0.1, 0.15) is 5.75 Å². The van der Waals surface area contributed by atoms with Gasteiger partial charge in [-0.05, 0) is 35.9 Å². The zero-order valence-electron chi connectivity index (χ0n) is 17.8. The maximum Gasteiger partial charge on any atom is 0.196 e. The Bertz CT molecular complexity index is 1510. The Morgan fingerprint density at radius 3 is 2.82 bits per heavy atom. The first kappa shape index (κ1) is 21.2. The number of aromatic nitrogens is 4. The van der Waals surface area contributed by atoms with Crippen LogP contribution >= 0.6 is 23.4 Å². The lowest BCUT2D eigenvalue weighted by atomic mass is 10.2. The van der Waals surface area contributed by atoms with Crippen LogP contribution in [-0.4, -0.2) is 26.4 Å². The van der Waals surface area contributed by atoms with Crippen LogP contribution in [0.2, 0.25) is 5.02 Å². The second kappa shape index (κ2) is 8.70. The first-order chi connectivity index (χ1) is 16.1. The molecule has 0 aliphatic heterocycles. The molecular formula is C24H18ClN5O2S. The number of methoxy groups -OCH3 is 1. The Morgan fingerprint density at radius 1 is 1.15 bits per heavy atom. The number of halogens is 1. The van der Waals surface area contributed by atoms with Gasteiger partial charge in [-0.15, -0.1) is 10.2 Å². The minimum absolute atomic E-state index is 0.573. The van der Waals surface area contributed by atoms with Crippen LogP contribution in [0.5, 0.6) is 5.75 Å². The maximum absolute atomic E-state index is 9.20. The summed E-state index contributed by atoms with van der Waals surface area (Å²) in [5, 5.41) is 19.5. The SMILES string of the molecule is COc1ccc(Cl)cc1-n1c(SCc2cccc(C#N)c2)nnc1-c1cc2occc2n1C. The fraction of sp³-hybridized carbons (Fsp3) is 0.125. The molecule has 0 saturated heterocycles. The monoisotopic (exact) mass is 475 g/mol. The molecule has 0 fully saturated rings. The van der Waals surface area contributed by atoms with Gasteiger partial charge >= 0.3 is 0 Å². The predicted octanol–water partition coefficient (Wildman–Crippen LogP) is 5.84. The summed E-state index contributed by atoms with van der Waals surface area (Å²) in [5.74, 6) is 1.90. The Hall–Kier alpha value is -3.67. The van der Waals surface area contributed by atoms with Crippen LogP contribution in [-0.2, 0) is 12.8 Å². The molecule has 7 nitrogen and oxygen atoms in total. The van der Waals surface area contributed by atoms with Gasteiger partial charge in [0.25, 0.3) is 0 Å². The number of hydrogen-bond acceptors (Lipinski definition) is 6. The number of nitriles is 1. The smallest absolute Gasteiger partial charge is 0.196 e. The van der Waals surface area contributed by atoms with E-state index in [0.717, 1.165) is 28.0 Å². The fourth-order valence-electron chi connectivity index (χ4n) is 3.73. The van der Waals surface area contributed by atoms with E-state index in [4.69, 9.17) is 20.8 Å². The standard InChI is InChI=1S/C24H18ClN5O2S/c1-29-18-8-9-32-22(18)12-20(29)23-27-28-24(33-14-16-5-3-4-15(10-16)13-26)30(23)19-11-17(25)6-7-21(19)31-2/h3-12H,14H2,1-2H3. The van der Waals surface area contributed by atoms with Gasteiger partial charge < -0.3 is 13.7 Å². The van der Waals surface area contributed by atoms with Crippen LogP contribution in [0, 0.1) is 11.3 Å². The van der Waals surface area contributed by atoms with E-state index >= 15 is 0 Å². The Kier molecular flexibility index (Phi) is 5.58. The number of furan rings is 1. The van der Waals surface area contributed by atoms with Crippen LogP contribution < -0.4 is 4.74 Å². The second-order valence-electron chi connectivity index (χ2n) is 7.32. The molecule has 0 saturated carbocycles. The molecule has 5 aromatic rings. The Labute approximate surface area is 199 Å². The number of rotatable bonds is 6. The molecule has 164 valence electrons. The molecular weight excluding hydrogens is 458 g/mol. The molecule has 2 aromatic carbocycles. The summed E-state index contributed by atoms with van der Waals surface area (Å²) in [5.41, 5.74) is 4.94. The molecule has 0 spiro atoms. The molecule has 9 heteroatoms. The highest BCUT2D eigenvalue weighted by molar-refractivity contribution is 7.98. The van der Waals surface area contributed by atoms with Gasteiger partial charge in [-0.2, -0.15) is 5.26 Å². The second-order valence-corrected chi connectivity index (χ2v) is 8.70. The van der Waals surface area contributed by atoms with Crippen molar-refractivity contribution in [2.75, 3.05) is 7.11 Å². The minimum Gasteiger partial charge on any atom is -0.495 e. The van der Waals surface area contributed by atoms with Crippen LogP contribution in [0.1, 0.15) is 11.1 Å². The van der Waals surface area contributed by atoms with Crippen molar-refractivity contribution in [3.05, 3.63) is 77.0 Å². The highest BCUT2D eigenvalue weighted by Crippen LogP contribution is 2.36. The Morgan fingerprint density at radius 2 is 2.03 bits per heavy atom. The number of fused-ring (bicyclic) bond motifs is 1. The number of benzene rings is 2. The van der Waals surface area contributed by atoms with E-state index in [2.05, 4.69) is 16.3 Å². The first-order valence-corrected chi connectivity index (χ1v) is 11.4. The van der Waals surface area contributed by atoms with E-state index in [1.165, 1.54) is 11.8 Å². The van der Waals surface area contributed by atoms with Gasteiger partial charge in [0.15, 0.2) is 16.6 Å². The van der Waals surface area contributed by atoms with E-state index in [1.807, 2.05) is 58.6 Å². The summed E-state index contributed by atoms with van der Waals surface area (Å²) >= 11 is 7.88. The zero-order valence-corrected chi connectivity index (χ0v) is 19.4. The minimum atomic E-state index is 0.573. The van der Waals surface area contributed by atoms with E-state index in [0.29, 0.717) is 33.1 Å². The Balaban J connectivity index is 1.64. The van der Waals surface area contributed by atoms with Crippen molar-refractivity contribution < 1.29 is 9.15 Å². The average molecular weight is 476 g/mol. The van der Waals surface area contributed by atoms with Gasteiger partial charge in [-0.25, -0.2) is 0 Å². The van der Waals surface area contributed by atoms with Crippen molar-refractivity contribution in [1.29, 1.82) is 5.26 Å². The highest BCUT2D eigenvalue weighted by atomic mass is 35.5. The molecule has 0 aliphatic carbocycles. The van der Waals surface area contributed by atoms with Crippen molar-refractivity contribution >= 4 is 34.5 Å². The predicted molar refractivity (Wildman–Crippen MR) is 128 cm³/mol. The van der Waals surface area contributed by atoms with Crippen LogP contribution in [0.15, 0.2) is 70.4 Å².